The van der Waals surface area contributed by atoms with Gasteiger partial charge >= 0.3 is 0 Å². The van der Waals surface area contributed by atoms with Gasteiger partial charge in [0.2, 0.25) is 0 Å². The van der Waals surface area contributed by atoms with E-state index in [-0.39, 0.29) is 17.9 Å². The van der Waals surface area contributed by atoms with E-state index in [0.29, 0.717) is 6.54 Å². The van der Waals surface area contributed by atoms with Crippen molar-refractivity contribution in [1.82, 2.24) is 5.32 Å². The third kappa shape index (κ3) is 2.84. The third-order valence-corrected chi connectivity index (χ3v) is 5.62. The summed E-state index contributed by atoms with van der Waals surface area (Å²) in [5.41, 5.74) is 1.38. The van der Waals surface area contributed by atoms with E-state index >= 15 is 0 Å². The van der Waals surface area contributed by atoms with Gasteiger partial charge < -0.3 is 10.4 Å². The maximum absolute atomic E-state index is 12.2. The molecule has 0 aromatic carbocycles. The first-order chi connectivity index (χ1) is 9.22. The van der Waals surface area contributed by atoms with Crippen LogP contribution >= 0.6 is 11.3 Å². The molecular formula is C15H21NO2S. The molecule has 0 unspecified atom stereocenters. The van der Waals surface area contributed by atoms with Crippen molar-refractivity contribution in [3.8, 4) is 0 Å². The maximum atomic E-state index is 12.2. The number of aliphatic hydroxyl groups is 1. The van der Waals surface area contributed by atoms with Gasteiger partial charge in [-0.15, -0.1) is 11.3 Å². The second-order valence-electron chi connectivity index (χ2n) is 5.96. The Balaban J connectivity index is 1.63. The molecule has 1 fully saturated rings. The Morgan fingerprint density at radius 1 is 1.32 bits per heavy atom. The van der Waals surface area contributed by atoms with Crippen LogP contribution in [0.15, 0.2) is 6.07 Å². The quantitative estimate of drug-likeness (QED) is 0.832. The van der Waals surface area contributed by atoms with Gasteiger partial charge in [0.05, 0.1) is 11.5 Å². The number of rotatable bonds is 4. The summed E-state index contributed by atoms with van der Waals surface area (Å²) in [6.45, 7) is 0.805. The normalized spacial score (nSPS) is 20.5. The fraction of sp³-hybridized carbons (Fsp3) is 0.667. The number of aliphatic hydroxyl groups excluding tert-OH is 1. The summed E-state index contributed by atoms with van der Waals surface area (Å²) < 4.78 is 0. The van der Waals surface area contributed by atoms with Gasteiger partial charge in [-0.2, -0.15) is 0 Å². The summed E-state index contributed by atoms with van der Waals surface area (Å²) in [5.74, 6) is 0.0396. The van der Waals surface area contributed by atoms with Crippen LogP contribution in [0.1, 0.15) is 52.2 Å². The van der Waals surface area contributed by atoms with Crippen LogP contribution in [0.5, 0.6) is 0 Å². The monoisotopic (exact) mass is 279 g/mol. The lowest BCUT2D eigenvalue weighted by molar-refractivity contribution is 0.0939. The lowest BCUT2D eigenvalue weighted by Gasteiger charge is -2.11. The minimum atomic E-state index is -0.00990. The standard InChI is InChI=1S/C15H21NO2S/c17-10-15(6-7-15)9-16-14(18)13-8-11-4-2-1-3-5-12(11)19-13/h8,17H,1-7,9-10H2,(H,16,18). The summed E-state index contributed by atoms with van der Waals surface area (Å²) in [4.78, 5) is 14.4. The van der Waals surface area contributed by atoms with Gasteiger partial charge in [-0.25, -0.2) is 0 Å². The van der Waals surface area contributed by atoms with E-state index in [0.717, 1.165) is 30.6 Å². The van der Waals surface area contributed by atoms with Crippen molar-refractivity contribution in [3.05, 3.63) is 21.4 Å². The Bertz CT molecular complexity index is 453. The van der Waals surface area contributed by atoms with Crippen LogP contribution in [0, 0.1) is 5.41 Å². The van der Waals surface area contributed by atoms with Crippen LogP contribution in [-0.4, -0.2) is 24.2 Å². The molecular weight excluding hydrogens is 258 g/mol. The van der Waals surface area contributed by atoms with Crippen molar-refractivity contribution in [3.63, 3.8) is 0 Å². The van der Waals surface area contributed by atoms with Crippen LogP contribution < -0.4 is 5.32 Å². The van der Waals surface area contributed by atoms with Crippen LogP contribution in [-0.2, 0) is 12.8 Å². The first kappa shape index (κ1) is 13.1. The molecule has 1 aromatic rings. The number of fused-ring (bicyclic) bond motifs is 1. The van der Waals surface area contributed by atoms with Gasteiger partial charge in [0.15, 0.2) is 0 Å². The highest BCUT2D eigenvalue weighted by molar-refractivity contribution is 7.14. The molecule has 3 nitrogen and oxygen atoms in total. The minimum Gasteiger partial charge on any atom is -0.396 e. The average Bonchev–Trinajstić information content (AvgIpc) is 3.16. The van der Waals surface area contributed by atoms with Crippen molar-refractivity contribution in [2.45, 2.75) is 44.9 Å². The van der Waals surface area contributed by atoms with E-state index < -0.39 is 0 Å². The van der Waals surface area contributed by atoms with E-state index in [2.05, 4.69) is 11.4 Å². The highest BCUT2D eigenvalue weighted by Crippen LogP contribution is 2.44. The predicted molar refractivity (Wildman–Crippen MR) is 76.7 cm³/mol. The molecule has 1 amide bonds. The topological polar surface area (TPSA) is 49.3 Å². The van der Waals surface area contributed by atoms with E-state index in [1.165, 1.54) is 29.7 Å². The van der Waals surface area contributed by atoms with Gasteiger partial charge in [-0.05, 0) is 50.2 Å². The summed E-state index contributed by atoms with van der Waals surface area (Å²) in [6, 6.07) is 2.08. The van der Waals surface area contributed by atoms with Crippen LogP contribution in [0.4, 0.5) is 0 Å². The molecule has 0 bridgehead atoms. The van der Waals surface area contributed by atoms with Crippen molar-refractivity contribution < 1.29 is 9.90 Å². The molecule has 2 N–H and O–H groups in total. The second-order valence-corrected chi connectivity index (χ2v) is 7.10. The molecule has 0 saturated heterocycles. The minimum absolute atomic E-state index is 0.00990. The van der Waals surface area contributed by atoms with Crippen molar-refractivity contribution >= 4 is 17.2 Å². The van der Waals surface area contributed by atoms with E-state index in [1.807, 2.05) is 0 Å². The molecule has 19 heavy (non-hydrogen) atoms. The van der Waals surface area contributed by atoms with Crippen LogP contribution in [0.2, 0.25) is 0 Å². The van der Waals surface area contributed by atoms with Gasteiger partial charge in [0.25, 0.3) is 5.91 Å². The fourth-order valence-corrected chi connectivity index (χ4v) is 3.87. The molecule has 0 spiro atoms. The third-order valence-electron chi connectivity index (χ3n) is 4.39. The number of hydrogen-bond acceptors (Lipinski definition) is 3. The van der Waals surface area contributed by atoms with Crippen LogP contribution in [0.25, 0.3) is 0 Å². The summed E-state index contributed by atoms with van der Waals surface area (Å²) in [5, 5.41) is 12.2. The SMILES string of the molecule is O=C(NCC1(CO)CC1)c1cc2c(s1)CCCCC2. The molecule has 0 atom stereocenters. The summed E-state index contributed by atoms with van der Waals surface area (Å²) >= 11 is 1.66. The molecule has 1 heterocycles. The Kier molecular flexibility index (Phi) is 3.63. The Labute approximate surface area is 118 Å². The average molecular weight is 279 g/mol. The largest absolute Gasteiger partial charge is 0.396 e. The van der Waals surface area contributed by atoms with Gasteiger partial charge in [-0.1, -0.05) is 6.42 Å². The highest BCUT2D eigenvalue weighted by atomic mass is 32.1. The molecule has 1 saturated carbocycles. The number of thiophene rings is 1. The molecule has 2 aliphatic rings. The summed E-state index contributed by atoms with van der Waals surface area (Å²) in [7, 11) is 0. The molecule has 1 aromatic heterocycles. The number of amides is 1. The van der Waals surface area contributed by atoms with Gasteiger partial charge in [0, 0.05) is 16.8 Å². The van der Waals surface area contributed by atoms with E-state index in [1.54, 1.807) is 11.3 Å². The smallest absolute Gasteiger partial charge is 0.261 e. The van der Waals surface area contributed by atoms with Crippen molar-refractivity contribution in [1.29, 1.82) is 0 Å². The molecule has 4 heteroatoms. The van der Waals surface area contributed by atoms with E-state index in [9.17, 15) is 9.90 Å². The first-order valence-electron chi connectivity index (χ1n) is 7.23. The number of carbonyl (C=O) groups is 1. The number of nitrogens with one attached hydrogen (secondary N) is 1. The van der Waals surface area contributed by atoms with Gasteiger partial charge in [-0.3, -0.25) is 4.79 Å². The Morgan fingerprint density at radius 2 is 2.11 bits per heavy atom. The van der Waals surface area contributed by atoms with Crippen molar-refractivity contribution in [2.75, 3.05) is 13.2 Å². The number of aryl methyl sites for hydroxylation is 2. The zero-order valence-corrected chi connectivity index (χ0v) is 12.0. The molecule has 3 rings (SSSR count). The number of carbonyl (C=O) groups excluding carboxylic acids is 1. The maximum Gasteiger partial charge on any atom is 0.261 e. The van der Waals surface area contributed by atoms with Crippen LogP contribution in [0.3, 0.4) is 0 Å². The fourth-order valence-electron chi connectivity index (χ4n) is 2.70. The zero-order valence-electron chi connectivity index (χ0n) is 11.2. The molecule has 0 radical (unpaired) electrons. The number of hydrogen-bond donors (Lipinski definition) is 2. The lowest BCUT2D eigenvalue weighted by Crippen LogP contribution is -2.31. The lowest BCUT2D eigenvalue weighted by atomic mass is 10.1. The molecule has 104 valence electrons. The second kappa shape index (κ2) is 5.25. The molecule has 0 aliphatic heterocycles. The first-order valence-corrected chi connectivity index (χ1v) is 8.05. The Morgan fingerprint density at radius 3 is 2.84 bits per heavy atom. The Hall–Kier alpha value is -0.870. The summed E-state index contributed by atoms with van der Waals surface area (Å²) in [6.07, 6.45) is 8.13. The van der Waals surface area contributed by atoms with Crippen molar-refractivity contribution in [2.24, 2.45) is 5.41 Å². The van der Waals surface area contributed by atoms with Gasteiger partial charge in [0.1, 0.15) is 0 Å². The highest BCUT2D eigenvalue weighted by Gasteiger charge is 2.42. The molecule has 2 aliphatic carbocycles. The predicted octanol–water partition coefficient (Wildman–Crippen LogP) is 2.52. The zero-order chi connectivity index (χ0) is 13.3. The van der Waals surface area contributed by atoms with E-state index in [4.69, 9.17) is 0 Å².